The van der Waals surface area contributed by atoms with Crippen molar-refractivity contribution in [2.75, 3.05) is 20.2 Å². The van der Waals surface area contributed by atoms with Gasteiger partial charge in [0.15, 0.2) is 0 Å². The molecule has 0 radical (unpaired) electrons. The monoisotopic (exact) mass is 281 g/mol. The Morgan fingerprint density at radius 1 is 1.32 bits per heavy atom. The van der Waals surface area contributed by atoms with E-state index in [1.54, 1.807) is 7.11 Å². The average molecular weight is 282 g/mol. The topological polar surface area (TPSA) is 12.5 Å². The van der Waals surface area contributed by atoms with Gasteiger partial charge in [0.25, 0.3) is 0 Å². The van der Waals surface area contributed by atoms with Crippen LogP contribution in [0.4, 0.5) is 0 Å². The summed E-state index contributed by atoms with van der Waals surface area (Å²) in [6.45, 7) is 4.84. The highest BCUT2D eigenvalue weighted by Crippen LogP contribution is 2.39. The molecule has 0 N–H and O–H groups in total. The first kappa shape index (κ1) is 14.7. The molecule has 0 bridgehead atoms. The Morgan fingerprint density at radius 2 is 2.16 bits per heavy atom. The molecule has 2 nitrogen and oxygen atoms in total. The van der Waals surface area contributed by atoms with Crippen LogP contribution in [0.25, 0.3) is 0 Å². The van der Waals surface area contributed by atoms with Crippen molar-refractivity contribution >= 4 is 12.4 Å². The first-order valence-corrected chi connectivity index (χ1v) is 7.22. The van der Waals surface area contributed by atoms with Crippen LogP contribution in [0.2, 0.25) is 0 Å². The molecular formula is C16H24ClNO. The van der Waals surface area contributed by atoms with Crippen LogP contribution in [0.5, 0.6) is 5.75 Å². The maximum Gasteiger partial charge on any atom is 0.122 e. The van der Waals surface area contributed by atoms with Gasteiger partial charge in [0.2, 0.25) is 0 Å². The summed E-state index contributed by atoms with van der Waals surface area (Å²) in [7, 11) is 1.79. The van der Waals surface area contributed by atoms with E-state index in [0.717, 1.165) is 17.7 Å². The second kappa shape index (κ2) is 6.15. The van der Waals surface area contributed by atoms with Gasteiger partial charge < -0.3 is 4.74 Å². The second-order valence-corrected chi connectivity index (χ2v) is 5.66. The summed E-state index contributed by atoms with van der Waals surface area (Å²) in [4.78, 5) is 2.70. The third-order valence-corrected chi connectivity index (χ3v) is 4.66. The predicted octanol–water partition coefficient (Wildman–Crippen LogP) is 3.32. The molecule has 1 aromatic carbocycles. The Balaban J connectivity index is 0.00000133. The maximum absolute atomic E-state index is 5.52. The van der Waals surface area contributed by atoms with Crippen molar-refractivity contribution < 1.29 is 4.74 Å². The van der Waals surface area contributed by atoms with E-state index in [2.05, 4.69) is 30.0 Å². The highest BCUT2D eigenvalue weighted by Gasteiger charge is 2.37. The van der Waals surface area contributed by atoms with Crippen LogP contribution in [-0.4, -0.2) is 31.1 Å². The van der Waals surface area contributed by atoms with Gasteiger partial charge >= 0.3 is 0 Å². The fourth-order valence-corrected chi connectivity index (χ4v) is 3.80. The summed E-state index contributed by atoms with van der Waals surface area (Å²) in [5, 5.41) is 0. The molecule has 3 rings (SSSR count). The minimum atomic E-state index is 0. The van der Waals surface area contributed by atoms with E-state index in [9.17, 15) is 0 Å². The molecule has 0 unspecified atom stereocenters. The van der Waals surface area contributed by atoms with E-state index in [1.807, 2.05) is 0 Å². The lowest BCUT2D eigenvalue weighted by Crippen LogP contribution is -2.38. The van der Waals surface area contributed by atoms with E-state index in [-0.39, 0.29) is 12.4 Å². The molecule has 1 aromatic rings. The summed E-state index contributed by atoms with van der Waals surface area (Å²) in [6, 6.07) is 7.32. The van der Waals surface area contributed by atoms with E-state index < -0.39 is 0 Å². The fourth-order valence-electron chi connectivity index (χ4n) is 3.80. The number of hydrogen-bond donors (Lipinski definition) is 0. The van der Waals surface area contributed by atoms with Crippen molar-refractivity contribution in [3.8, 4) is 5.75 Å². The summed E-state index contributed by atoms with van der Waals surface area (Å²) in [6.07, 6.45) is 5.07. The molecule has 0 saturated carbocycles. The van der Waals surface area contributed by atoms with Gasteiger partial charge in [-0.1, -0.05) is 19.1 Å². The molecule has 1 aliphatic heterocycles. The van der Waals surface area contributed by atoms with E-state index in [4.69, 9.17) is 4.74 Å². The Hall–Kier alpha value is -0.730. The number of hydrogen-bond acceptors (Lipinski definition) is 2. The van der Waals surface area contributed by atoms with Crippen molar-refractivity contribution in [3.05, 3.63) is 29.3 Å². The van der Waals surface area contributed by atoms with Gasteiger partial charge in [-0.2, -0.15) is 0 Å². The normalized spacial score (nSPS) is 25.4. The van der Waals surface area contributed by atoms with Crippen molar-refractivity contribution in [2.45, 2.75) is 38.6 Å². The van der Waals surface area contributed by atoms with Gasteiger partial charge in [0.05, 0.1) is 7.11 Å². The molecule has 1 heterocycles. The number of halogens is 1. The first-order chi connectivity index (χ1) is 8.83. The van der Waals surface area contributed by atoms with Crippen molar-refractivity contribution in [3.63, 3.8) is 0 Å². The van der Waals surface area contributed by atoms with Crippen molar-refractivity contribution in [1.82, 2.24) is 4.90 Å². The lowest BCUT2D eigenvalue weighted by atomic mass is 9.80. The van der Waals surface area contributed by atoms with Gasteiger partial charge in [-0.3, -0.25) is 4.90 Å². The molecule has 1 aliphatic carbocycles. The molecule has 2 atom stereocenters. The summed E-state index contributed by atoms with van der Waals surface area (Å²) >= 11 is 0. The molecule has 1 fully saturated rings. The fraction of sp³-hybridized carbons (Fsp3) is 0.625. The Bertz CT molecular complexity index is 435. The minimum Gasteiger partial charge on any atom is -0.496 e. The quantitative estimate of drug-likeness (QED) is 0.843. The molecule has 106 valence electrons. The Kier molecular flexibility index (Phi) is 4.75. The van der Waals surface area contributed by atoms with Crippen molar-refractivity contribution in [1.29, 1.82) is 0 Å². The second-order valence-electron chi connectivity index (χ2n) is 5.66. The average Bonchev–Trinajstić information content (AvgIpc) is 2.79. The van der Waals surface area contributed by atoms with Gasteiger partial charge in [-0.15, -0.1) is 12.4 Å². The molecule has 0 spiro atoms. The highest BCUT2D eigenvalue weighted by atomic mass is 35.5. The number of methoxy groups -OCH3 is 1. The van der Waals surface area contributed by atoms with E-state index >= 15 is 0 Å². The van der Waals surface area contributed by atoms with Crippen LogP contribution < -0.4 is 4.74 Å². The number of benzene rings is 1. The van der Waals surface area contributed by atoms with Gasteiger partial charge in [0, 0.05) is 6.04 Å². The third kappa shape index (κ3) is 2.61. The van der Waals surface area contributed by atoms with Gasteiger partial charge in [-0.25, -0.2) is 0 Å². The first-order valence-electron chi connectivity index (χ1n) is 7.22. The zero-order chi connectivity index (χ0) is 12.5. The molecule has 0 aromatic heterocycles. The standard InChI is InChI=1S/C16H23NO.ClH/c1-3-8-17-9-7-13-10-14-12(11-15(13)17)5-4-6-16(14)18-2;/h4-6,13,15H,3,7-11H2,1-2H3;1H/t13-,15+;/m1./s1. The minimum absolute atomic E-state index is 0. The van der Waals surface area contributed by atoms with Gasteiger partial charge in [-0.05, 0) is 61.9 Å². The highest BCUT2D eigenvalue weighted by molar-refractivity contribution is 5.85. The lowest BCUT2D eigenvalue weighted by Gasteiger charge is -2.33. The number of ether oxygens (including phenoxy) is 1. The number of nitrogens with zero attached hydrogens (tertiary/aromatic N) is 1. The molecule has 3 heteroatoms. The van der Waals surface area contributed by atoms with Crippen LogP contribution in [0.15, 0.2) is 18.2 Å². The van der Waals surface area contributed by atoms with Crippen LogP contribution in [0.3, 0.4) is 0 Å². The molecular weight excluding hydrogens is 258 g/mol. The van der Waals surface area contributed by atoms with E-state index in [0.29, 0.717) is 0 Å². The Morgan fingerprint density at radius 3 is 2.89 bits per heavy atom. The summed E-state index contributed by atoms with van der Waals surface area (Å²) < 4.78 is 5.52. The summed E-state index contributed by atoms with van der Waals surface area (Å²) in [5.74, 6) is 1.94. The van der Waals surface area contributed by atoms with Crippen LogP contribution in [0, 0.1) is 5.92 Å². The van der Waals surface area contributed by atoms with Crippen molar-refractivity contribution in [2.24, 2.45) is 5.92 Å². The SMILES string of the molecule is CCCN1CC[C@@H]2Cc3c(cccc3OC)C[C@@H]21.Cl. The third-order valence-electron chi connectivity index (χ3n) is 4.66. The molecule has 1 saturated heterocycles. The maximum atomic E-state index is 5.52. The number of likely N-dealkylation sites (tertiary alicyclic amines) is 1. The van der Waals surface area contributed by atoms with E-state index in [1.165, 1.54) is 49.9 Å². The summed E-state index contributed by atoms with van der Waals surface area (Å²) in [5.41, 5.74) is 2.98. The lowest BCUT2D eigenvalue weighted by molar-refractivity contribution is 0.215. The largest absolute Gasteiger partial charge is 0.496 e. The van der Waals surface area contributed by atoms with Crippen LogP contribution >= 0.6 is 12.4 Å². The zero-order valence-corrected chi connectivity index (χ0v) is 12.7. The van der Waals surface area contributed by atoms with Crippen LogP contribution in [0.1, 0.15) is 30.9 Å². The molecule has 19 heavy (non-hydrogen) atoms. The van der Waals surface area contributed by atoms with Gasteiger partial charge in [0.1, 0.15) is 5.75 Å². The molecule has 0 amide bonds. The predicted molar refractivity (Wildman–Crippen MR) is 81.4 cm³/mol. The number of rotatable bonds is 3. The zero-order valence-electron chi connectivity index (χ0n) is 11.9. The Labute approximate surface area is 122 Å². The smallest absolute Gasteiger partial charge is 0.122 e. The van der Waals surface area contributed by atoms with Crippen LogP contribution in [-0.2, 0) is 12.8 Å². The molecule has 2 aliphatic rings. The number of fused-ring (bicyclic) bond motifs is 2.